The van der Waals surface area contributed by atoms with Gasteiger partial charge in [-0.05, 0) is 64.4 Å². The maximum absolute atomic E-state index is 6.72. The van der Waals surface area contributed by atoms with Crippen LogP contribution in [0.25, 0.3) is 54.6 Å². The highest BCUT2D eigenvalue weighted by atomic mass is 16.3. The van der Waals surface area contributed by atoms with Crippen LogP contribution in [-0.2, 0) is 5.41 Å². The number of nitrogens with zero attached hydrogens (tertiary/aromatic N) is 2. The Balaban J connectivity index is 1.23. The van der Waals surface area contributed by atoms with E-state index in [1.54, 1.807) is 0 Å². The standard InChI is InChI=1S/C53H38N2O/c1-53(2)45-26-11-12-27-48(45)55(49-34-38(31-33-46(49)53)54(37-19-4-3-5-20-37)47-28-14-18-35-16-6-8-21-39(35)47)51-40-22-9-7-17-36(40)30-32-42(51)44-25-15-24-43-41-23-10-13-29-50(41)56-52(43)44/h3-34H,1-2H3. The van der Waals surface area contributed by atoms with Gasteiger partial charge in [0.2, 0.25) is 0 Å². The number of para-hydroxylation sites is 4. The molecule has 9 aromatic carbocycles. The van der Waals surface area contributed by atoms with Crippen LogP contribution < -0.4 is 9.80 Å². The minimum absolute atomic E-state index is 0.262. The van der Waals surface area contributed by atoms with Crippen molar-refractivity contribution in [3.8, 4) is 11.1 Å². The Hall–Kier alpha value is -7.10. The molecule has 1 aromatic heterocycles. The molecule has 1 aliphatic heterocycles. The molecule has 0 saturated heterocycles. The molecular weight excluding hydrogens is 681 g/mol. The molecule has 0 atom stereocenters. The monoisotopic (exact) mass is 718 g/mol. The summed E-state index contributed by atoms with van der Waals surface area (Å²) in [4.78, 5) is 4.94. The van der Waals surface area contributed by atoms with Gasteiger partial charge in [0, 0.05) is 49.5 Å². The summed E-state index contributed by atoms with van der Waals surface area (Å²) in [7, 11) is 0. The first-order valence-electron chi connectivity index (χ1n) is 19.4. The Morgan fingerprint density at radius 3 is 1.95 bits per heavy atom. The highest BCUT2D eigenvalue weighted by Crippen LogP contribution is 2.57. The lowest BCUT2D eigenvalue weighted by molar-refractivity contribution is 0.632. The van der Waals surface area contributed by atoms with E-state index in [2.05, 4.69) is 212 Å². The van der Waals surface area contributed by atoms with Gasteiger partial charge in [0.1, 0.15) is 11.2 Å². The number of rotatable bonds is 5. The van der Waals surface area contributed by atoms with Crippen molar-refractivity contribution < 1.29 is 4.42 Å². The second-order valence-corrected chi connectivity index (χ2v) is 15.3. The minimum atomic E-state index is -0.262. The van der Waals surface area contributed by atoms with E-state index in [0.717, 1.165) is 61.5 Å². The molecular formula is C53H38N2O. The number of hydrogen-bond acceptors (Lipinski definition) is 3. The molecule has 10 aromatic rings. The maximum atomic E-state index is 6.72. The number of furan rings is 1. The summed E-state index contributed by atoms with van der Waals surface area (Å²) in [5, 5.41) is 7.02. The average Bonchev–Trinajstić information content (AvgIpc) is 3.64. The van der Waals surface area contributed by atoms with E-state index in [1.807, 2.05) is 6.07 Å². The van der Waals surface area contributed by atoms with Gasteiger partial charge in [-0.3, -0.25) is 0 Å². The van der Waals surface area contributed by atoms with E-state index < -0.39 is 0 Å². The Kier molecular flexibility index (Phi) is 7.20. The Labute approximate surface area is 326 Å². The van der Waals surface area contributed by atoms with Crippen molar-refractivity contribution >= 4 is 77.6 Å². The molecule has 0 fully saturated rings. The fraction of sp³-hybridized carbons (Fsp3) is 0.0566. The van der Waals surface area contributed by atoms with Crippen LogP contribution in [0.15, 0.2) is 199 Å². The van der Waals surface area contributed by atoms with Gasteiger partial charge in [0.15, 0.2) is 0 Å². The zero-order valence-corrected chi connectivity index (χ0v) is 31.3. The summed E-state index contributed by atoms with van der Waals surface area (Å²) >= 11 is 0. The molecule has 2 heterocycles. The fourth-order valence-electron chi connectivity index (χ4n) is 9.17. The largest absolute Gasteiger partial charge is 0.455 e. The lowest BCUT2D eigenvalue weighted by Gasteiger charge is -2.43. The van der Waals surface area contributed by atoms with Gasteiger partial charge in [-0.25, -0.2) is 0 Å². The molecule has 0 spiro atoms. The van der Waals surface area contributed by atoms with E-state index in [-0.39, 0.29) is 5.41 Å². The van der Waals surface area contributed by atoms with Crippen LogP contribution >= 0.6 is 0 Å². The second kappa shape index (κ2) is 12.5. The van der Waals surface area contributed by atoms with Crippen LogP contribution in [-0.4, -0.2) is 0 Å². The highest BCUT2D eigenvalue weighted by Gasteiger charge is 2.38. The van der Waals surface area contributed by atoms with Crippen LogP contribution in [0.2, 0.25) is 0 Å². The van der Waals surface area contributed by atoms with E-state index in [9.17, 15) is 0 Å². The van der Waals surface area contributed by atoms with Gasteiger partial charge in [-0.1, -0.05) is 166 Å². The molecule has 0 amide bonds. The third-order valence-electron chi connectivity index (χ3n) is 11.8. The van der Waals surface area contributed by atoms with Crippen LogP contribution in [0.1, 0.15) is 25.0 Å². The third kappa shape index (κ3) is 4.84. The first kappa shape index (κ1) is 32.3. The molecule has 0 N–H and O–H groups in total. The third-order valence-corrected chi connectivity index (χ3v) is 11.8. The SMILES string of the molecule is CC1(C)c2ccccc2N(c2c(-c3cccc4c3oc3ccccc34)ccc3ccccc23)c2cc(N(c3ccccc3)c3cccc4ccccc34)ccc21. The Morgan fingerprint density at radius 1 is 0.446 bits per heavy atom. The summed E-state index contributed by atoms with van der Waals surface area (Å²) in [6.07, 6.45) is 0. The molecule has 0 radical (unpaired) electrons. The normalized spacial score (nSPS) is 13.3. The van der Waals surface area contributed by atoms with E-state index in [4.69, 9.17) is 4.42 Å². The van der Waals surface area contributed by atoms with Crippen molar-refractivity contribution in [3.63, 3.8) is 0 Å². The Morgan fingerprint density at radius 2 is 1.09 bits per heavy atom. The van der Waals surface area contributed by atoms with Crippen LogP contribution in [0, 0.1) is 0 Å². The second-order valence-electron chi connectivity index (χ2n) is 15.3. The van der Waals surface area contributed by atoms with Crippen molar-refractivity contribution in [2.45, 2.75) is 19.3 Å². The Bertz CT molecular complexity index is 3130. The van der Waals surface area contributed by atoms with Crippen LogP contribution in [0.3, 0.4) is 0 Å². The predicted molar refractivity (Wildman–Crippen MR) is 236 cm³/mol. The highest BCUT2D eigenvalue weighted by molar-refractivity contribution is 6.14. The number of hydrogen-bond donors (Lipinski definition) is 0. The molecule has 1 aliphatic rings. The summed E-state index contributed by atoms with van der Waals surface area (Å²) in [6, 6.07) is 70.3. The van der Waals surface area contributed by atoms with Crippen LogP contribution in [0.5, 0.6) is 0 Å². The lowest BCUT2D eigenvalue weighted by atomic mass is 9.73. The first-order valence-corrected chi connectivity index (χ1v) is 19.4. The van der Waals surface area contributed by atoms with Gasteiger partial charge in [-0.15, -0.1) is 0 Å². The van der Waals surface area contributed by atoms with Crippen molar-refractivity contribution in [1.29, 1.82) is 0 Å². The van der Waals surface area contributed by atoms with Gasteiger partial charge in [-0.2, -0.15) is 0 Å². The topological polar surface area (TPSA) is 19.6 Å². The van der Waals surface area contributed by atoms with E-state index in [0.29, 0.717) is 0 Å². The summed E-state index contributed by atoms with van der Waals surface area (Å²) in [6.45, 7) is 4.72. The molecule has 11 rings (SSSR count). The number of anilines is 6. The molecule has 266 valence electrons. The van der Waals surface area contributed by atoms with Gasteiger partial charge in [0.25, 0.3) is 0 Å². The number of fused-ring (bicyclic) bond motifs is 7. The van der Waals surface area contributed by atoms with Crippen molar-refractivity contribution in [2.75, 3.05) is 9.80 Å². The summed E-state index contributed by atoms with van der Waals surface area (Å²) < 4.78 is 6.72. The maximum Gasteiger partial charge on any atom is 0.143 e. The minimum Gasteiger partial charge on any atom is -0.455 e. The van der Waals surface area contributed by atoms with Crippen molar-refractivity contribution in [3.05, 3.63) is 205 Å². The number of benzene rings is 9. The molecule has 56 heavy (non-hydrogen) atoms. The molecule has 0 aliphatic carbocycles. The first-order chi connectivity index (χ1) is 27.6. The lowest BCUT2D eigenvalue weighted by Crippen LogP contribution is -2.31. The van der Waals surface area contributed by atoms with Crippen molar-refractivity contribution in [1.82, 2.24) is 0 Å². The molecule has 0 saturated carbocycles. The van der Waals surface area contributed by atoms with E-state index >= 15 is 0 Å². The van der Waals surface area contributed by atoms with Crippen molar-refractivity contribution in [2.24, 2.45) is 0 Å². The summed E-state index contributed by atoms with van der Waals surface area (Å²) in [5.41, 5.74) is 13.1. The predicted octanol–water partition coefficient (Wildman–Crippen LogP) is 15.1. The zero-order chi connectivity index (χ0) is 37.4. The molecule has 3 nitrogen and oxygen atoms in total. The fourth-order valence-corrected chi connectivity index (χ4v) is 9.17. The van der Waals surface area contributed by atoms with E-state index in [1.165, 1.54) is 38.4 Å². The van der Waals surface area contributed by atoms with Gasteiger partial charge >= 0.3 is 0 Å². The molecule has 0 unspecified atom stereocenters. The quantitative estimate of drug-likeness (QED) is 0.177. The smallest absolute Gasteiger partial charge is 0.143 e. The van der Waals surface area contributed by atoms with Gasteiger partial charge < -0.3 is 14.2 Å². The molecule has 3 heteroatoms. The van der Waals surface area contributed by atoms with Crippen LogP contribution in [0.4, 0.5) is 34.1 Å². The molecule has 0 bridgehead atoms. The van der Waals surface area contributed by atoms with Gasteiger partial charge in [0.05, 0.1) is 22.7 Å². The zero-order valence-electron chi connectivity index (χ0n) is 31.3. The summed E-state index contributed by atoms with van der Waals surface area (Å²) in [5.74, 6) is 0. The average molecular weight is 719 g/mol.